The number of anilines is 1. The number of ether oxygens (including phenoxy) is 1. The highest BCUT2D eigenvalue weighted by Gasteiger charge is 2.14. The van der Waals surface area contributed by atoms with Crippen LogP contribution in [0.2, 0.25) is 0 Å². The van der Waals surface area contributed by atoms with E-state index in [-0.39, 0.29) is 11.7 Å². The van der Waals surface area contributed by atoms with E-state index in [1.54, 1.807) is 24.3 Å². The lowest BCUT2D eigenvalue weighted by molar-refractivity contribution is 0.102. The Morgan fingerprint density at radius 3 is 2.75 bits per heavy atom. The summed E-state index contributed by atoms with van der Waals surface area (Å²) in [5.74, 6) is -0.477. The summed E-state index contributed by atoms with van der Waals surface area (Å²) in [4.78, 5) is 18.0. The second kappa shape index (κ2) is 6.80. The van der Waals surface area contributed by atoms with Crippen LogP contribution in [-0.2, 0) is 0 Å². The van der Waals surface area contributed by atoms with E-state index in [9.17, 15) is 9.18 Å². The lowest BCUT2D eigenvalue weighted by atomic mass is 10.1. The number of carbonyl (C=O) groups is 1. The van der Waals surface area contributed by atoms with Crippen LogP contribution in [0.5, 0.6) is 5.75 Å². The van der Waals surface area contributed by atoms with Gasteiger partial charge in [0.15, 0.2) is 0 Å². The second-order valence-corrected chi connectivity index (χ2v) is 6.05. The fourth-order valence-corrected chi connectivity index (χ4v) is 3.02. The fraction of sp³-hybridized carbons (Fsp3) is 0.111. The van der Waals surface area contributed by atoms with Gasteiger partial charge in [-0.2, -0.15) is 0 Å². The summed E-state index contributed by atoms with van der Waals surface area (Å²) >= 11 is 1.59. The Bertz CT molecular complexity index is 879. The van der Waals surface area contributed by atoms with Crippen molar-refractivity contribution >= 4 is 22.9 Å². The van der Waals surface area contributed by atoms with Crippen molar-refractivity contribution in [3.63, 3.8) is 0 Å². The number of methoxy groups -OCH3 is 1. The molecule has 0 bridgehead atoms. The minimum absolute atomic E-state index is 0.268. The first-order valence-corrected chi connectivity index (χ1v) is 8.13. The molecule has 6 heteroatoms. The van der Waals surface area contributed by atoms with Crippen molar-refractivity contribution < 1.29 is 13.9 Å². The SMILES string of the molecule is COc1cc(F)ccc1NC(=O)c1ccc(-c2cccs2)nc1C. The van der Waals surface area contributed by atoms with Crippen LogP contribution in [0.4, 0.5) is 10.1 Å². The number of pyridine rings is 1. The summed E-state index contributed by atoms with van der Waals surface area (Å²) in [5, 5.41) is 4.71. The second-order valence-electron chi connectivity index (χ2n) is 5.11. The molecule has 24 heavy (non-hydrogen) atoms. The number of benzene rings is 1. The van der Waals surface area contributed by atoms with Gasteiger partial charge < -0.3 is 10.1 Å². The van der Waals surface area contributed by atoms with Crippen LogP contribution in [0.25, 0.3) is 10.6 Å². The van der Waals surface area contributed by atoms with Crippen LogP contribution in [0.3, 0.4) is 0 Å². The summed E-state index contributed by atoms with van der Waals surface area (Å²) in [6, 6.07) is 11.4. The zero-order valence-electron chi connectivity index (χ0n) is 13.2. The van der Waals surface area contributed by atoms with Crippen LogP contribution in [0.15, 0.2) is 47.8 Å². The van der Waals surface area contributed by atoms with Crippen molar-refractivity contribution in [1.29, 1.82) is 0 Å². The summed E-state index contributed by atoms with van der Waals surface area (Å²) in [7, 11) is 1.42. The largest absolute Gasteiger partial charge is 0.494 e. The average Bonchev–Trinajstić information content (AvgIpc) is 3.10. The van der Waals surface area contributed by atoms with Gasteiger partial charge in [0.25, 0.3) is 5.91 Å². The molecule has 0 saturated carbocycles. The molecule has 2 heterocycles. The monoisotopic (exact) mass is 342 g/mol. The van der Waals surface area contributed by atoms with E-state index in [2.05, 4.69) is 10.3 Å². The highest BCUT2D eigenvalue weighted by molar-refractivity contribution is 7.13. The Kier molecular flexibility index (Phi) is 4.57. The standard InChI is InChI=1S/C18H15FN2O2S/c1-11-13(6-8-15(20-11)17-4-3-9-24-17)18(22)21-14-7-5-12(19)10-16(14)23-2/h3-10H,1-2H3,(H,21,22). The van der Waals surface area contributed by atoms with E-state index in [4.69, 9.17) is 4.74 Å². The molecule has 0 saturated heterocycles. The molecule has 0 spiro atoms. The molecular formula is C18H15FN2O2S. The summed E-state index contributed by atoms with van der Waals surface area (Å²) in [6.45, 7) is 1.79. The number of thiophene rings is 1. The molecule has 1 aromatic carbocycles. The van der Waals surface area contributed by atoms with Gasteiger partial charge in [0, 0.05) is 6.07 Å². The van der Waals surface area contributed by atoms with Gasteiger partial charge in [-0.05, 0) is 42.6 Å². The Balaban J connectivity index is 1.85. The third-order valence-electron chi connectivity index (χ3n) is 3.52. The molecule has 0 atom stereocenters. The minimum atomic E-state index is -0.428. The molecular weight excluding hydrogens is 327 g/mol. The highest BCUT2D eigenvalue weighted by atomic mass is 32.1. The van der Waals surface area contributed by atoms with Gasteiger partial charge in [-0.15, -0.1) is 11.3 Å². The molecule has 3 aromatic rings. The quantitative estimate of drug-likeness (QED) is 0.758. The molecule has 0 unspecified atom stereocenters. The number of nitrogens with one attached hydrogen (secondary N) is 1. The van der Waals surface area contributed by atoms with Gasteiger partial charge in [0.05, 0.1) is 34.6 Å². The van der Waals surface area contributed by atoms with Crippen LogP contribution in [0.1, 0.15) is 16.1 Å². The molecule has 4 nitrogen and oxygen atoms in total. The number of nitrogens with zero attached hydrogens (tertiary/aromatic N) is 1. The molecule has 1 amide bonds. The molecule has 1 N–H and O–H groups in total. The van der Waals surface area contributed by atoms with E-state index in [0.717, 1.165) is 10.6 Å². The number of hydrogen-bond acceptors (Lipinski definition) is 4. The summed E-state index contributed by atoms with van der Waals surface area (Å²) < 4.78 is 18.3. The Morgan fingerprint density at radius 2 is 2.08 bits per heavy atom. The van der Waals surface area contributed by atoms with Crippen molar-refractivity contribution in [2.75, 3.05) is 12.4 Å². The molecule has 3 rings (SSSR count). The lowest BCUT2D eigenvalue weighted by Gasteiger charge is -2.11. The van der Waals surface area contributed by atoms with E-state index in [1.165, 1.54) is 25.3 Å². The molecule has 2 aromatic heterocycles. The van der Waals surface area contributed by atoms with E-state index in [0.29, 0.717) is 16.9 Å². The molecule has 0 aliphatic rings. The van der Waals surface area contributed by atoms with Crippen molar-refractivity contribution in [2.24, 2.45) is 0 Å². The number of carbonyl (C=O) groups excluding carboxylic acids is 1. The van der Waals surface area contributed by atoms with Crippen molar-refractivity contribution in [1.82, 2.24) is 4.98 Å². The highest BCUT2D eigenvalue weighted by Crippen LogP contribution is 2.27. The van der Waals surface area contributed by atoms with Gasteiger partial charge in [0.1, 0.15) is 11.6 Å². The first-order chi connectivity index (χ1) is 11.6. The molecule has 0 radical (unpaired) electrons. The Hall–Kier alpha value is -2.73. The van der Waals surface area contributed by atoms with Gasteiger partial charge in [-0.3, -0.25) is 9.78 Å². The van der Waals surface area contributed by atoms with Crippen molar-refractivity contribution in [3.8, 4) is 16.3 Å². The van der Waals surface area contributed by atoms with Gasteiger partial charge >= 0.3 is 0 Å². The predicted octanol–water partition coefficient (Wildman–Crippen LogP) is 4.52. The topological polar surface area (TPSA) is 51.2 Å². The zero-order chi connectivity index (χ0) is 17.1. The van der Waals surface area contributed by atoms with Gasteiger partial charge in [-0.25, -0.2) is 4.39 Å². The van der Waals surface area contributed by atoms with Gasteiger partial charge in [0.2, 0.25) is 0 Å². The number of halogens is 1. The number of aryl methyl sites for hydroxylation is 1. The Morgan fingerprint density at radius 1 is 1.25 bits per heavy atom. The summed E-state index contributed by atoms with van der Waals surface area (Å²) in [6.07, 6.45) is 0. The van der Waals surface area contributed by atoms with Crippen LogP contribution < -0.4 is 10.1 Å². The third kappa shape index (κ3) is 3.28. The number of aromatic nitrogens is 1. The third-order valence-corrected chi connectivity index (χ3v) is 4.41. The van der Waals surface area contributed by atoms with E-state index in [1.807, 2.05) is 23.6 Å². The number of rotatable bonds is 4. The van der Waals surface area contributed by atoms with E-state index < -0.39 is 5.82 Å². The molecule has 0 aliphatic heterocycles. The first kappa shape index (κ1) is 16.1. The molecule has 122 valence electrons. The Labute approximate surface area is 142 Å². The smallest absolute Gasteiger partial charge is 0.257 e. The molecule has 0 fully saturated rings. The maximum Gasteiger partial charge on any atom is 0.257 e. The van der Waals surface area contributed by atoms with E-state index >= 15 is 0 Å². The number of amides is 1. The minimum Gasteiger partial charge on any atom is -0.494 e. The zero-order valence-corrected chi connectivity index (χ0v) is 14.0. The first-order valence-electron chi connectivity index (χ1n) is 7.25. The van der Waals surface area contributed by atoms with Crippen LogP contribution in [0, 0.1) is 12.7 Å². The average molecular weight is 342 g/mol. The fourth-order valence-electron chi connectivity index (χ4n) is 2.32. The van der Waals surface area contributed by atoms with Crippen LogP contribution >= 0.6 is 11.3 Å². The van der Waals surface area contributed by atoms with Crippen molar-refractivity contribution in [2.45, 2.75) is 6.92 Å². The lowest BCUT2D eigenvalue weighted by Crippen LogP contribution is -2.15. The number of hydrogen-bond donors (Lipinski definition) is 1. The van der Waals surface area contributed by atoms with Gasteiger partial charge in [-0.1, -0.05) is 6.07 Å². The normalized spacial score (nSPS) is 10.5. The van der Waals surface area contributed by atoms with Crippen LogP contribution in [-0.4, -0.2) is 18.0 Å². The summed E-state index contributed by atoms with van der Waals surface area (Å²) in [5.41, 5.74) is 2.32. The van der Waals surface area contributed by atoms with Crippen molar-refractivity contribution in [3.05, 3.63) is 64.9 Å². The maximum atomic E-state index is 13.2. The molecule has 0 aliphatic carbocycles. The predicted molar refractivity (Wildman–Crippen MR) is 93.2 cm³/mol. The maximum absolute atomic E-state index is 13.2.